The van der Waals surface area contributed by atoms with Gasteiger partial charge in [-0.2, -0.15) is 4.37 Å². The molecule has 0 atom stereocenters. The van der Waals surface area contributed by atoms with E-state index in [9.17, 15) is 4.79 Å². The molecule has 1 aromatic carbocycles. The van der Waals surface area contributed by atoms with Crippen molar-refractivity contribution in [3.63, 3.8) is 0 Å². The number of hydrogen-bond acceptors (Lipinski definition) is 4. The third-order valence-electron chi connectivity index (χ3n) is 2.81. The molecule has 17 heavy (non-hydrogen) atoms. The fourth-order valence-electron chi connectivity index (χ4n) is 1.93. The summed E-state index contributed by atoms with van der Waals surface area (Å²) < 4.78 is 9.34. The van der Waals surface area contributed by atoms with Crippen LogP contribution in [0.1, 0.15) is 5.69 Å². The van der Waals surface area contributed by atoms with Gasteiger partial charge in [0.1, 0.15) is 10.6 Å². The Balaban J connectivity index is 2.53. The monoisotopic (exact) mass is 246 g/mol. The molecule has 0 aliphatic rings. The van der Waals surface area contributed by atoms with Crippen molar-refractivity contribution in [1.29, 1.82) is 0 Å². The van der Waals surface area contributed by atoms with E-state index in [0.29, 0.717) is 16.5 Å². The molecule has 2 aromatic heterocycles. The van der Waals surface area contributed by atoms with Crippen molar-refractivity contribution in [3.05, 3.63) is 34.1 Å². The Morgan fingerprint density at radius 1 is 1.41 bits per heavy atom. The maximum Gasteiger partial charge on any atom is 0.200 e. The molecule has 1 N–H and O–H groups in total. The van der Waals surface area contributed by atoms with Gasteiger partial charge in [0.15, 0.2) is 5.43 Å². The lowest BCUT2D eigenvalue weighted by molar-refractivity contribution is 0.415. The third-order valence-corrected chi connectivity index (χ3v) is 3.66. The smallest absolute Gasteiger partial charge is 0.200 e. The number of pyridine rings is 1. The van der Waals surface area contributed by atoms with Crippen LogP contribution in [-0.2, 0) is 0 Å². The van der Waals surface area contributed by atoms with Gasteiger partial charge in [0, 0.05) is 5.39 Å². The molecule has 0 amide bonds. The van der Waals surface area contributed by atoms with Gasteiger partial charge in [0.25, 0.3) is 0 Å². The normalized spacial score (nSPS) is 11.2. The summed E-state index contributed by atoms with van der Waals surface area (Å²) in [5.74, 6) is 0.684. The summed E-state index contributed by atoms with van der Waals surface area (Å²) in [6, 6.07) is 5.44. The molecule has 0 saturated carbocycles. The van der Waals surface area contributed by atoms with Crippen LogP contribution in [-0.4, -0.2) is 16.5 Å². The van der Waals surface area contributed by atoms with E-state index in [1.165, 1.54) is 11.5 Å². The van der Waals surface area contributed by atoms with E-state index < -0.39 is 0 Å². The first kappa shape index (κ1) is 10.3. The zero-order chi connectivity index (χ0) is 12.0. The molecular weight excluding hydrogens is 236 g/mol. The zero-order valence-electron chi connectivity index (χ0n) is 9.40. The molecule has 3 rings (SSSR count). The van der Waals surface area contributed by atoms with Crippen molar-refractivity contribution in [3.8, 4) is 5.75 Å². The summed E-state index contributed by atoms with van der Waals surface area (Å²) in [7, 11) is 1.59. The van der Waals surface area contributed by atoms with Crippen molar-refractivity contribution < 1.29 is 4.74 Å². The van der Waals surface area contributed by atoms with Crippen molar-refractivity contribution in [2.75, 3.05) is 7.11 Å². The fraction of sp³-hybridized carbons (Fsp3) is 0.167. The summed E-state index contributed by atoms with van der Waals surface area (Å²) >= 11 is 1.32. The van der Waals surface area contributed by atoms with Crippen molar-refractivity contribution >= 4 is 32.7 Å². The topological polar surface area (TPSA) is 55.0 Å². The number of aromatic nitrogens is 2. The molecule has 86 valence electrons. The number of H-pyrrole nitrogens is 1. The van der Waals surface area contributed by atoms with Crippen LogP contribution in [0.2, 0.25) is 0 Å². The van der Waals surface area contributed by atoms with Crippen LogP contribution < -0.4 is 10.2 Å². The highest BCUT2D eigenvalue weighted by Gasteiger charge is 2.11. The maximum absolute atomic E-state index is 12.3. The molecule has 0 saturated heterocycles. The Morgan fingerprint density at radius 2 is 2.24 bits per heavy atom. The number of benzene rings is 1. The third kappa shape index (κ3) is 1.43. The Labute approximate surface area is 101 Å². The molecule has 0 bridgehead atoms. The largest absolute Gasteiger partial charge is 0.497 e. The van der Waals surface area contributed by atoms with Crippen LogP contribution in [0.25, 0.3) is 21.1 Å². The summed E-state index contributed by atoms with van der Waals surface area (Å²) in [4.78, 5) is 16.4. The van der Waals surface area contributed by atoms with E-state index in [1.54, 1.807) is 13.2 Å². The molecule has 5 heteroatoms. The molecule has 0 aliphatic heterocycles. The number of nitrogens with zero attached hydrogens (tertiary/aromatic N) is 1. The van der Waals surface area contributed by atoms with E-state index >= 15 is 0 Å². The van der Waals surface area contributed by atoms with Gasteiger partial charge in [0.2, 0.25) is 0 Å². The van der Waals surface area contributed by atoms with Crippen molar-refractivity contribution in [1.82, 2.24) is 9.36 Å². The number of aryl methyl sites for hydroxylation is 1. The summed E-state index contributed by atoms with van der Waals surface area (Å²) in [6.07, 6.45) is 0. The number of methoxy groups -OCH3 is 1. The summed E-state index contributed by atoms with van der Waals surface area (Å²) in [5.41, 5.74) is 1.60. The number of hydrogen-bond donors (Lipinski definition) is 1. The molecule has 0 fully saturated rings. The van der Waals surface area contributed by atoms with Gasteiger partial charge in [-0.3, -0.25) is 4.79 Å². The van der Waals surface area contributed by atoms with Crippen molar-refractivity contribution in [2.45, 2.75) is 6.92 Å². The van der Waals surface area contributed by atoms with Crippen LogP contribution in [0, 0.1) is 6.92 Å². The standard InChI is InChI=1S/C12H10N2O2S/c1-6-10-11(15)8-5-7(16-2)3-4-9(8)13-12(10)17-14-6/h3-5H,1-2H3,(H,13,15). The number of ether oxygens (including phenoxy) is 1. The van der Waals surface area contributed by atoms with Gasteiger partial charge >= 0.3 is 0 Å². The van der Waals surface area contributed by atoms with Crippen LogP contribution in [0.4, 0.5) is 0 Å². The second-order valence-corrected chi connectivity index (χ2v) is 4.61. The SMILES string of the molecule is COc1ccc2[nH]c3snc(C)c3c(=O)c2c1. The zero-order valence-corrected chi connectivity index (χ0v) is 10.2. The summed E-state index contributed by atoms with van der Waals surface area (Å²) in [6.45, 7) is 1.85. The van der Waals surface area contributed by atoms with Gasteiger partial charge in [-0.05, 0) is 36.7 Å². The fourth-order valence-corrected chi connectivity index (χ4v) is 2.73. The van der Waals surface area contributed by atoms with Crippen LogP contribution in [0.3, 0.4) is 0 Å². The minimum atomic E-state index is 0.0129. The molecule has 2 heterocycles. The first-order valence-electron chi connectivity index (χ1n) is 5.16. The quantitative estimate of drug-likeness (QED) is 0.717. The second-order valence-electron chi connectivity index (χ2n) is 3.84. The first-order chi connectivity index (χ1) is 8.20. The highest BCUT2D eigenvalue weighted by atomic mass is 32.1. The van der Waals surface area contributed by atoms with Gasteiger partial charge in [-0.25, -0.2) is 0 Å². The number of rotatable bonds is 1. The van der Waals surface area contributed by atoms with E-state index in [1.807, 2.05) is 19.1 Å². The Morgan fingerprint density at radius 3 is 3.00 bits per heavy atom. The lowest BCUT2D eigenvalue weighted by atomic mass is 10.1. The minimum Gasteiger partial charge on any atom is -0.497 e. The van der Waals surface area contributed by atoms with E-state index in [0.717, 1.165) is 16.0 Å². The molecule has 3 aromatic rings. The molecule has 0 spiro atoms. The molecule has 0 aliphatic carbocycles. The number of fused-ring (bicyclic) bond motifs is 2. The van der Waals surface area contributed by atoms with E-state index in [-0.39, 0.29) is 5.43 Å². The molecule has 0 unspecified atom stereocenters. The van der Waals surface area contributed by atoms with Gasteiger partial charge in [0.05, 0.1) is 23.7 Å². The molecule has 4 nitrogen and oxygen atoms in total. The first-order valence-corrected chi connectivity index (χ1v) is 5.94. The van der Waals surface area contributed by atoms with E-state index in [2.05, 4.69) is 9.36 Å². The molecule has 0 radical (unpaired) electrons. The van der Waals surface area contributed by atoms with Gasteiger partial charge in [-0.1, -0.05) is 0 Å². The highest BCUT2D eigenvalue weighted by Crippen LogP contribution is 2.23. The van der Waals surface area contributed by atoms with Gasteiger partial charge < -0.3 is 9.72 Å². The van der Waals surface area contributed by atoms with Crippen LogP contribution >= 0.6 is 11.5 Å². The Bertz CT molecular complexity index is 773. The van der Waals surface area contributed by atoms with E-state index in [4.69, 9.17) is 4.74 Å². The predicted molar refractivity (Wildman–Crippen MR) is 69.0 cm³/mol. The Kier molecular flexibility index (Phi) is 2.16. The Hall–Kier alpha value is -1.88. The highest BCUT2D eigenvalue weighted by molar-refractivity contribution is 7.13. The van der Waals surface area contributed by atoms with Gasteiger partial charge in [-0.15, -0.1) is 0 Å². The number of nitrogens with one attached hydrogen (secondary N) is 1. The maximum atomic E-state index is 12.3. The average molecular weight is 246 g/mol. The number of aromatic amines is 1. The summed E-state index contributed by atoms with van der Waals surface area (Å²) in [5, 5.41) is 1.32. The predicted octanol–water partition coefficient (Wildman–Crippen LogP) is 2.45. The lowest BCUT2D eigenvalue weighted by Crippen LogP contribution is -2.03. The average Bonchev–Trinajstić information content (AvgIpc) is 2.71. The minimum absolute atomic E-state index is 0.0129. The van der Waals surface area contributed by atoms with Crippen LogP contribution in [0.15, 0.2) is 23.0 Å². The lowest BCUT2D eigenvalue weighted by Gasteiger charge is -2.02. The second kappa shape index (κ2) is 3.56. The van der Waals surface area contributed by atoms with Crippen LogP contribution in [0.5, 0.6) is 5.75 Å². The van der Waals surface area contributed by atoms with Crippen molar-refractivity contribution in [2.24, 2.45) is 0 Å². The molecular formula is C12H10N2O2S.